The van der Waals surface area contributed by atoms with Crippen LogP contribution in [0.1, 0.15) is 5.56 Å². The summed E-state index contributed by atoms with van der Waals surface area (Å²) in [6.45, 7) is 1.77. The van der Waals surface area contributed by atoms with Gasteiger partial charge in [0, 0.05) is 35.7 Å². The Kier molecular flexibility index (Phi) is 3.54. The highest BCUT2D eigenvalue weighted by Crippen LogP contribution is 2.35. The van der Waals surface area contributed by atoms with E-state index in [0.29, 0.717) is 5.56 Å². The average Bonchev–Trinajstić information content (AvgIpc) is 2.63. The molecule has 4 rings (SSSR count). The van der Waals surface area contributed by atoms with Gasteiger partial charge in [0.15, 0.2) is 0 Å². The highest BCUT2D eigenvalue weighted by atomic mass is 19.1. The van der Waals surface area contributed by atoms with Crippen LogP contribution in [0.4, 0.5) is 4.39 Å². The van der Waals surface area contributed by atoms with Gasteiger partial charge in [-0.3, -0.25) is 9.97 Å². The van der Waals surface area contributed by atoms with E-state index < -0.39 is 0 Å². The minimum atomic E-state index is -0.198. The number of halogens is 1. The molecular formula is C21H15FN2. The molecule has 0 atom stereocenters. The second kappa shape index (κ2) is 5.85. The van der Waals surface area contributed by atoms with Crippen LogP contribution < -0.4 is 0 Å². The van der Waals surface area contributed by atoms with Gasteiger partial charge >= 0.3 is 0 Å². The number of hydrogen-bond acceptors (Lipinski definition) is 2. The molecule has 0 amide bonds. The summed E-state index contributed by atoms with van der Waals surface area (Å²) in [5, 5.41) is 2.13. The molecular weight excluding hydrogens is 299 g/mol. The Morgan fingerprint density at radius 2 is 1.54 bits per heavy atom. The third kappa shape index (κ3) is 2.54. The third-order valence-electron chi connectivity index (χ3n) is 4.23. The van der Waals surface area contributed by atoms with Crippen LogP contribution in [0.5, 0.6) is 0 Å². The van der Waals surface area contributed by atoms with Crippen molar-refractivity contribution in [2.75, 3.05) is 0 Å². The van der Waals surface area contributed by atoms with Crippen LogP contribution in [0.15, 0.2) is 73.3 Å². The quantitative estimate of drug-likeness (QED) is 0.494. The fourth-order valence-corrected chi connectivity index (χ4v) is 2.90. The molecule has 0 N–H and O–H groups in total. The van der Waals surface area contributed by atoms with E-state index in [-0.39, 0.29) is 5.82 Å². The predicted molar refractivity (Wildman–Crippen MR) is 95.1 cm³/mol. The van der Waals surface area contributed by atoms with Gasteiger partial charge in [-0.25, -0.2) is 4.39 Å². The first-order chi connectivity index (χ1) is 11.7. The second-order valence-electron chi connectivity index (χ2n) is 5.83. The Hall–Kier alpha value is -3.07. The van der Waals surface area contributed by atoms with Crippen LogP contribution in [0.3, 0.4) is 0 Å². The normalized spacial score (nSPS) is 10.9. The lowest BCUT2D eigenvalue weighted by molar-refractivity contribution is 0.619. The van der Waals surface area contributed by atoms with E-state index in [4.69, 9.17) is 0 Å². The smallest absolute Gasteiger partial charge is 0.126 e. The maximum atomic E-state index is 14.1. The van der Waals surface area contributed by atoms with E-state index in [9.17, 15) is 4.39 Å². The molecule has 0 spiro atoms. The minimum absolute atomic E-state index is 0.198. The molecule has 0 bridgehead atoms. The van der Waals surface area contributed by atoms with Crippen molar-refractivity contribution >= 4 is 10.8 Å². The first-order valence-electron chi connectivity index (χ1n) is 7.77. The van der Waals surface area contributed by atoms with Gasteiger partial charge in [-0.15, -0.1) is 0 Å². The number of benzene rings is 2. The number of aryl methyl sites for hydroxylation is 1. The predicted octanol–water partition coefficient (Wildman–Crippen LogP) is 5.41. The molecule has 0 saturated carbocycles. The van der Waals surface area contributed by atoms with Gasteiger partial charge in [-0.1, -0.05) is 18.2 Å². The summed E-state index contributed by atoms with van der Waals surface area (Å²) >= 11 is 0. The van der Waals surface area contributed by atoms with Crippen LogP contribution in [0, 0.1) is 12.7 Å². The molecule has 2 heterocycles. The molecule has 0 saturated heterocycles. The highest BCUT2D eigenvalue weighted by Gasteiger charge is 2.11. The first kappa shape index (κ1) is 14.5. The summed E-state index contributed by atoms with van der Waals surface area (Å²) in [5.41, 5.74) is 4.51. The minimum Gasteiger partial charge on any atom is -0.264 e. The van der Waals surface area contributed by atoms with Gasteiger partial charge in [0.05, 0.1) is 0 Å². The Morgan fingerprint density at radius 3 is 2.33 bits per heavy atom. The third-order valence-corrected chi connectivity index (χ3v) is 4.23. The van der Waals surface area contributed by atoms with Gasteiger partial charge < -0.3 is 0 Å². The summed E-state index contributed by atoms with van der Waals surface area (Å²) in [6, 6.07) is 15.4. The van der Waals surface area contributed by atoms with Crippen LogP contribution in [0.2, 0.25) is 0 Å². The number of rotatable bonds is 2. The van der Waals surface area contributed by atoms with Crippen molar-refractivity contribution in [1.29, 1.82) is 0 Å². The molecule has 116 valence electrons. The molecule has 3 heteroatoms. The number of hydrogen-bond donors (Lipinski definition) is 0. The SMILES string of the molecule is Cc1ccc(-c2cc3cnccc3cc2-c2cccnc2)cc1F. The molecule has 2 aromatic carbocycles. The molecule has 24 heavy (non-hydrogen) atoms. The molecule has 0 unspecified atom stereocenters. The molecule has 2 aromatic heterocycles. The fraction of sp³-hybridized carbons (Fsp3) is 0.0476. The van der Waals surface area contributed by atoms with Crippen molar-refractivity contribution in [1.82, 2.24) is 9.97 Å². The summed E-state index contributed by atoms with van der Waals surface area (Å²) < 4.78 is 14.1. The number of pyridine rings is 2. The zero-order valence-corrected chi connectivity index (χ0v) is 13.2. The van der Waals surface area contributed by atoms with Gasteiger partial charge in [0.2, 0.25) is 0 Å². The zero-order chi connectivity index (χ0) is 16.5. The van der Waals surface area contributed by atoms with Crippen LogP contribution >= 0.6 is 0 Å². The van der Waals surface area contributed by atoms with Crippen molar-refractivity contribution in [3.63, 3.8) is 0 Å². The Balaban J connectivity index is 2.03. The summed E-state index contributed by atoms with van der Waals surface area (Å²) in [4.78, 5) is 8.42. The van der Waals surface area contributed by atoms with Gasteiger partial charge in [0.1, 0.15) is 5.82 Å². The Labute approximate surface area is 139 Å². The molecule has 0 aliphatic heterocycles. The molecule has 0 aliphatic rings. The highest BCUT2D eigenvalue weighted by molar-refractivity contribution is 5.95. The zero-order valence-electron chi connectivity index (χ0n) is 13.2. The van der Waals surface area contributed by atoms with E-state index in [0.717, 1.165) is 33.0 Å². The van der Waals surface area contributed by atoms with Gasteiger partial charge in [0.25, 0.3) is 0 Å². The summed E-state index contributed by atoms with van der Waals surface area (Å²) in [5.74, 6) is -0.198. The maximum absolute atomic E-state index is 14.1. The topological polar surface area (TPSA) is 25.8 Å². The largest absolute Gasteiger partial charge is 0.264 e. The molecule has 0 aliphatic carbocycles. The van der Waals surface area contributed by atoms with E-state index in [2.05, 4.69) is 22.1 Å². The molecule has 2 nitrogen and oxygen atoms in total. The van der Waals surface area contributed by atoms with E-state index in [1.54, 1.807) is 25.4 Å². The first-order valence-corrected chi connectivity index (χ1v) is 7.77. The fourth-order valence-electron chi connectivity index (χ4n) is 2.90. The van der Waals surface area contributed by atoms with E-state index in [1.807, 2.05) is 42.7 Å². The molecule has 0 fully saturated rings. The summed E-state index contributed by atoms with van der Waals surface area (Å²) in [6.07, 6.45) is 7.19. The van der Waals surface area contributed by atoms with Gasteiger partial charge in [-0.2, -0.15) is 0 Å². The Bertz CT molecular complexity index is 1030. The van der Waals surface area contributed by atoms with Crippen molar-refractivity contribution in [2.45, 2.75) is 6.92 Å². The van der Waals surface area contributed by atoms with E-state index in [1.165, 1.54) is 0 Å². The number of aromatic nitrogens is 2. The van der Waals surface area contributed by atoms with Gasteiger partial charge in [-0.05, 0) is 64.9 Å². The second-order valence-corrected chi connectivity index (χ2v) is 5.83. The van der Waals surface area contributed by atoms with Crippen molar-refractivity contribution in [3.05, 3.63) is 84.7 Å². The van der Waals surface area contributed by atoms with E-state index >= 15 is 0 Å². The van der Waals surface area contributed by atoms with Crippen molar-refractivity contribution < 1.29 is 4.39 Å². The van der Waals surface area contributed by atoms with Crippen molar-refractivity contribution in [2.24, 2.45) is 0 Å². The lowest BCUT2D eigenvalue weighted by Crippen LogP contribution is -1.90. The lowest BCUT2D eigenvalue weighted by atomic mass is 9.92. The van der Waals surface area contributed by atoms with Crippen LogP contribution in [-0.2, 0) is 0 Å². The number of fused-ring (bicyclic) bond motifs is 1. The average molecular weight is 314 g/mol. The maximum Gasteiger partial charge on any atom is 0.126 e. The Morgan fingerprint density at radius 1 is 0.750 bits per heavy atom. The standard InChI is InChI=1S/C21H15FN2/c1-14-4-5-16(11-21(14)22)19-10-18-13-24-8-6-15(18)9-20(19)17-3-2-7-23-12-17/h2-13H,1H3. The van der Waals surface area contributed by atoms with Crippen molar-refractivity contribution in [3.8, 4) is 22.3 Å². The molecule has 0 radical (unpaired) electrons. The van der Waals surface area contributed by atoms with Crippen LogP contribution in [-0.4, -0.2) is 9.97 Å². The lowest BCUT2D eigenvalue weighted by Gasteiger charge is -2.13. The monoisotopic (exact) mass is 314 g/mol. The number of nitrogens with zero attached hydrogens (tertiary/aromatic N) is 2. The van der Waals surface area contributed by atoms with Crippen LogP contribution in [0.25, 0.3) is 33.0 Å². The summed E-state index contributed by atoms with van der Waals surface area (Å²) in [7, 11) is 0. The molecule has 4 aromatic rings.